The van der Waals surface area contributed by atoms with Crippen molar-refractivity contribution in [3.05, 3.63) is 54.1 Å². The summed E-state index contributed by atoms with van der Waals surface area (Å²) in [5.41, 5.74) is 3.06. The van der Waals surface area contributed by atoms with E-state index in [1.165, 1.54) is 6.92 Å². The number of carbonyl (C=O) groups is 3. The molecule has 28 heavy (non-hydrogen) atoms. The van der Waals surface area contributed by atoms with E-state index in [9.17, 15) is 14.4 Å². The van der Waals surface area contributed by atoms with Gasteiger partial charge < -0.3 is 16.0 Å². The number of carbonyl (C=O) groups excluding carboxylic acids is 3. The van der Waals surface area contributed by atoms with Crippen LogP contribution in [0.25, 0.3) is 0 Å². The van der Waals surface area contributed by atoms with Crippen molar-refractivity contribution in [1.82, 2.24) is 5.32 Å². The number of rotatable bonds is 4. The first kappa shape index (κ1) is 19.1. The summed E-state index contributed by atoms with van der Waals surface area (Å²) < 4.78 is 0. The highest BCUT2D eigenvalue weighted by Crippen LogP contribution is 2.16. The molecule has 0 unspecified atom stereocenters. The van der Waals surface area contributed by atoms with E-state index < -0.39 is 6.04 Å². The third kappa shape index (κ3) is 5.16. The van der Waals surface area contributed by atoms with Crippen molar-refractivity contribution >= 4 is 40.7 Å². The van der Waals surface area contributed by atoms with Gasteiger partial charge in [0.25, 0.3) is 0 Å². The molecule has 0 saturated heterocycles. The number of nitrogens with zero attached hydrogens (tertiary/aromatic N) is 1. The Morgan fingerprint density at radius 2 is 1.54 bits per heavy atom. The molecular weight excluding hydrogens is 358 g/mol. The van der Waals surface area contributed by atoms with Gasteiger partial charge in [0, 0.05) is 24.0 Å². The van der Waals surface area contributed by atoms with Gasteiger partial charge >= 0.3 is 0 Å². The first-order chi connectivity index (χ1) is 13.4. The Balaban J connectivity index is 1.67. The van der Waals surface area contributed by atoms with Crippen LogP contribution >= 0.6 is 0 Å². The van der Waals surface area contributed by atoms with Crippen molar-refractivity contribution in [1.29, 1.82) is 0 Å². The number of anilines is 3. The smallest absolute Gasteiger partial charge is 0.249 e. The number of nitrogens with one attached hydrogen (secondary N) is 4. The normalized spacial score (nSPS) is 15.9. The summed E-state index contributed by atoms with van der Waals surface area (Å²) in [5.74, 6) is -0.606. The van der Waals surface area contributed by atoms with Crippen LogP contribution in [0.1, 0.15) is 18.9 Å². The third-order valence-corrected chi connectivity index (χ3v) is 4.01. The third-order valence-electron chi connectivity index (χ3n) is 4.01. The van der Waals surface area contributed by atoms with Gasteiger partial charge in [-0.15, -0.1) is 0 Å². The molecule has 1 atom stereocenters. The molecule has 2 aromatic rings. The quantitative estimate of drug-likeness (QED) is 0.653. The Morgan fingerprint density at radius 1 is 0.964 bits per heavy atom. The number of hydrogen-bond acceptors (Lipinski definition) is 5. The highest BCUT2D eigenvalue weighted by atomic mass is 16.2. The number of hydrogen-bond donors (Lipinski definition) is 4. The largest absolute Gasteiger partial charge is 0.326 e. The summed E-state index contributed by atoms with van der Waals surface area (Å²) in [6.45, 7) is 3.40. The number of guanidine groups is 1. The SMILES string of the molecule is CC(=O)Nc1ccc(NC(=O)[C@@H]2CC(=O)NC(Nc3ccc(C)cc3)=N2)cc1. The van der Waals surface area contributed by atoms with E-state index in [1.54, 1.807) is 24.3 Å². The molecule has 8 nitrogen and oxygen atoms in total. The minimum Gasteiger partial charge on any atom is -0.326 e. The van der Waals surface area contributed by atoms with Gasteiger partial charge in [0.1, 0.15) is 6.04 Å². The maximum absolute atomic E-state index is 12.5. The lowest BCUT2D eigenvalue weighted by Crippen LogP contribution is -2.45. The van der Waals surface area contributed by atoms with E-state index >= 15 is 0 Å². The van der Waals surface area contributed by atoms with Gasteiger partial charge in [-0.3, -0.25) is 19.7 Å². The van der Waals surface area contributed by atoms with Crippen LogP contribution in [0.2, 0.25) is 0 Å². The second-order valence-electron chi connectivity index (χ2n) is 6.48. The first-order valence-electron chi connectivity index (χ1n) is 8.79. The van der Waals surface area contributed by atoms with Crippen LogP contribution in [-0.2, 0) is 14.4 Å². The maximum atomic E-state index is 12.5. The summed E-state index contributed by atoms with van der Waals surface area (Å²) in [5, 5.41) is 11.0. The zero-order chi connectivity index (χ0) is 20.1. The summed E-state index contributed by atoms with van der Waals surface area (Å²) in [6, 6.07) is 13.5. The lowest BCUT2D eigenvalue weighted by molar-refractivity contribution is -0.124. The molecule has 0 aromatic heterocycles. The van der Waals surface area contributed by atoms with E-state index in [0.29, 0.717) is 11.4 Å². The molecule has 0 radical (unpaired) electrons. The van der Waals surface area contributed by atoms with E-state index in [-0.39, 0.29) is 30.1 Å². The highest BCUT2D eigenvalue weighted by Gasteiger charge is 2.27. The second-order valence-corrected chi connectivity index (χ2v) is 6.48. The zero-order valence-corrected chi connectivity index (χ0v) is 15.6. The minimum atomic E-state index is -0.836. The number of aliphatic imine (C=N–C) groups is 1. The standard InChI is InChI=1S/C20H21N5O3/c1-12-3-5-16(6-4-12)23-20-24-17(11-18(27)25-20)19(28)22-15-9-7-14(8-10-15)21-13(2)26/h3-10,17H,11H2,1-2H3,(H,21,26)(H,22,28)(H2,23,24,25,27)/t17-/m0/s1. The topological polar surface area (TPSA) is 112 Å². The van der Waals surface area contributed by atoms with Crippen LogP contribution in [0, 0.1) is 6.92 Å². The Labute approximate surface area is 162 Å². The van der Waals surface area contributed by atoms with Gasteiger partial charge in [-0.1, -0.05) is 17.7 Å². The van der Waals surface area contributed by atoms with E-state index in [1.807, 2.05) is 31.2 Å². The van der Waals surface area contributed by atoms with Crippen LogP contribution < -0.4 is 21.3 Å². The predicted octanol–water partition coefficient (Wildman–Crippen LogP) is 2.25. The lowest BCUT2D eigenvalue weighted by atomic mass is 10.1. The fourth-order valence-electron chi connectivity index (χ4n) is 2.65. The van der Waals surface area contributed by atoms with E-state index in [0.717, 1.165) is 11.3 Å². The summed E-state index contributed by atoms with van der Waals surface area (Å²) in [6.07, 6.45) is -0.0329. The molecule has 0 fully saturated rings. The van der Waals surface area contributed by atoms with Crippen LogP contribution in [0.5, 0.6) is 0 Å². The van der Waals surface area contributed by atoms with Crippen molar-refractivity contribution in [2.75, 3.05) is 16.0 Å². The summed E-state index contributed by atoms with van der Waals surface area (Å²) >= 11 is 0. The number of benzene rings is 2. The molecule has 1 aliphatic rings. The van der Waals surface area contributed by atoms with Gasteiger partial charge in [0.05, 0.1) is 6.42 Å². The van der Waals surface area contributed by atoms with Crippen LogP contribution in [0.4, 0.5) is 17.1 Å². The monoisotopic (exact) mass is 379 g/mol. The molecule has 0 aliphatic carbocycles. The van der Waals surface area contributed by atoms with Crippen molar-refractivity contribution in [2.45, 2.75) is 26.3 Å². The van der Waals surface area contributed by atoms with E-state index in [4.69, 9.17) is 0 Å². The fraction of sp³-hybridized carbons (Fsp3) is 0.200. The summed E-state index contributed by atoms with van der Waals surface area (Å²) in [4.78, 5) is 39.9. The molecule has 3 amide bonds. The molecule has 144 valence electrons. The molecule has 0 spiro atoms. The maximum Gasteiger partial charge on any atom is 0.249 e. The van der Waals surface area contributed by atoms with E-state index in [2.05, 4.69) is 26.3 Å². The first-order valence-corrected chi connectivity index (χ1v) is 8.79. The number of amides is 3. The highest BCUT2D eigenvalue weighted by molar-refractivity contribution is 6.10. The van der Waals surface area contributed by atoms with Gasteiger partial charge in [0.15, 0.2) is 0 Å². The Morgan fingerprint density at radius 3 is 2.14 bits per heavy atom. The van der Waals surface area contributed by atoms with Gasteiger partial charge in [0.2, 0.25) is 23.7 Å². The van der Waals surface area contributed by atoms with Crippen molar-refractivity contribution in [3.8, 4) is 0 Å². The molecular formula is C20H21N5O3. The predicted molar refractivity (Wildman–Crippen MR) is 108 cm³/mol. The van der Waals surface area contributed by atoms with Gasteiger partial charge in [-0.05, 0) is 43.3 Å². The Kier molecular flexibility index (Phi) is 5.69. The molecule has 3 rings (SSSR count). The molecule has 0 bridgehead atoms. The van der Waals surface area contributed by atoms with Crippen molar-refractivity contribution in [2.24, 2.45) is 4.99 Å². The molecule has 0 saturated carbocycles. The van der Waals surface area contributed by atoms with Crippen LogP contribution in [-0.4, -0.2) is 29.7 Å². The molecule has 4 N–H and O–H groups in total. The average molecular weight is 379 g/mol. The van der Waals surface area contributed by atoms with Crippen molar-refractivity contribution in [3.63, 3.8) is 0 Å². The van der Waals surface area contributed by atoms with Gasteiger partial charge in [-0.2, -0.15) is 0 Å². The van der Waals surface area contributed by atoms with Crippen molar-refractivity contribution < 1.29 is 14.4 Å². The van der Waals surface area contributed by atoms with Crippen LogP contribution in [0.3, 0.4) is 0 Å². The number of aryl methyl sites for hydroxylation is 1. The van der Waals surface area contributed by atoms with Gasteiger partial charge in [-0.25, -0.2) is 4.99 Å². The molecule has 1 heterocycles. The average Bonchev–Trinajstić information content (AvgIpc) is 2.64. The Hall–Kier alpha value is -3.68. The fourth-order valence-corrected chi connectivity index (χ4v) is 2.65. The van der Waals surface area contributed by atoms with Crippen LogP contribution in [0.15, 0.2) is 53.5 Å². The molecule has 1 aliphatic heterocycles. The zero-order valence-electron chi connectivity index (χ0n) is 15.6. The Bertz CT molecular complexity index is 920. The molecule has 2 aromatic carbocycles. The lowest BCUT2D eigenvalue weighted by Gasteiger charge is -2.21. The molecule has 8 heteroatoms. The minimum absolute atomic E-state index is 0.0329. The summed E-state index contributed by atoms with van der Waals surface area (Å²) in [7, 11) is 0. The second kappa shape index (κ2) is 8.34.